The van der Waals surface area contributed by atoms with E-state index in [9.17, 15) is 9.18 Å². The Bertz CT molecular complexity index is 787. The molecular formula is C15H13FN4O2S. The van der Waals surface area contributed by atoms with E-state index in [1.807, 2.05) is 0 Å². The monoisotopic (exact) mass is 332 g/mol. The molecule has 1 N–H and O–H groups in total. The zero-order valence-corrected chi connectivity index (χ0v) is 12.8. The SMILES string of the molecule is O=C(Nc1nnc(C2CC2)s1)[C@H]1CC(c2cccc(F)c2)=NO1. The third-order valence-corrected chi connectivity index (χ3v) is 4.72. The zero-order chi connectivity index (χ0) is 15.8. The number of rotatable bonds is 4. The van der Waals surface area contributed by atoms with Gasteiger partial charge in [0.25, 0.3) is 5.91 Å². The molecule has 1 aliphatic heterocycles. The van der Waals surface area contributed by atoms with Crippen molar-refractivity contribution in [2.24, 2.45) is 5.16 Å². The maximum atomic E-state index is 13.2. The summed E-state index contributed by atoms with van der Waals surface area (Å²) in [5, 5.41) is 16.1. The van der Waals surface area contributed by atoms with Crippen LogP contribution in [0.25, 0.3) is 0 Å². The van der Waals surface area contributed by atoms with Gasteiger partial charge in [-0.25, -0.2) is 4.39 Å². The Balaban J connectivity index is 1.38. The van der Waals surface area contributed by atoms with Crippen LogP contribution in [0.15, 0.2) is 29.4 Å². The summed E-state index contributed by atoms with van der Waals surface area (Å²) in [4.78, 5) is 17.4. The summed E-state index contributed by atoms with van der Waals surface area (Å²) in [6.07, 6.45) is 1.84. The van der Waals surface area contributed by atoms with Gasteiger partial charge in [0.2, 0.25) is 11.2 Å². The first-order valence-corrected chi connectivity index (χ1v) is 8.13. The van der Waals surface area contributed by atoms with Crippen LogP contribution in [0.5, 0.6) is 0 Å². The van der Waals surface area contributed by atoms with Crippen molar-refractivity contribution in [3.8, 4) is 0 Å². The number of benzene rings is 1. The van der Waals surface area contributed by atoms with Gasteiger partial charge in [0.15, 0.2) is 0 Å². The summed E-state index contributed by atoms with van der Waals surface area (Å²) in [7, 11) is 0. The van der Waals surface area contributed by atoms with E-state index in [1.165, 1.54) is 23.5 Å². The van der Waals surface area contributed by atoms with E-state index < -0.39 is 6.10 Å². The van der Waals surface area contributed by atoms with Crippen LogP contribution in [0.4, 0.5) is 9.52 Å². The van der Waals surface area contributed by atoms with Crippen molar-refractivity contribution in [1.82, 2.24) is 10.2 Å². The van der Waals surface area contributed by atoms with Gasteiger partial charge in [0.05, 0.1) is 5.71 Å². The molecule has 0 unspecified atom stereocenters. The summed E-state index contributed by atoms with van der Waals surface area (Å²) in [5.41, 5.74) is 1.17. The normalized spacial score (nSPS) is 20.0. The van der Waals surface area contributed by atoms with E-state index in [0.717, 1.165) is 17.8 Å². The van der Waals surface area contributed by atoms with Gasteiger partial charge in [-0.15, -0.1) is 10.2 Å². The number of amides is 1. The Kier molecular flexibility index (Phi) is 3.53. The van der Waals surface area contributed by atoms with Crippen LogP contribution in [0.2, 0.25) is 0 Å². The number of hydrogen-bond donors (Lipinski definition) is 1. The lowest BCUT2D eigenvalue weighted by atomic mass is 10.0. The average molecular weight is 332 g/mol. The van der Waals surface area contributed by atoms with Gasteiger partial charge in [-0.3, -0.25) is 10.1 Å². The van der Waals surface area contributed by atoms with Crippen LogP contribution in [0.3, 0.4) is 0 Å². The maximum Gasteiger partial charge on any atom is 0.270 e. The molecule has 0 bridgehead atoms. The highest BCUT2D eigenvalue weighted by molar-refractivity contribution is 7.15. The van der Waals surface area contributed by atoms with E-state index in [0.29, 0.717) is 28.7 Å². The minimum absolute atomic E-state index is 0.295. The molecule has 118 valence electrons. The summed E-state index contributed by atoms with van der Waals surface area (Å²) < 4.78 is 13.2. The van der Waals surface area contributed by atoms with Gasteiger partial charge in [-0.05, 0) is 25.0 Å². The van der Waals surface area contributed by atoms with Gasteiger partial charge in [0, 0.05) is 17.9 Å². The number of anilines is 1. The second-order valence-electron chi connectivity index (χ2n) is 5.56. The highest BCUT2D eigenvalue weighted by Crippen LogP contribution is 2.42. The molecule has 1 fully saturated rings. The number of nitrogens with zero attached hydrogens (tertiary/aromatic N) is 3. The van der Waals surface area contributed by atoms with Crippen LogP contribution in [-0.4, -0.2) is 27.9 Å². The Morgan fingerprint density at radius 2 is 2.22 bits per heavy atom. The Hall–Kier alpha value is -2.35. The molecule has 0 spiro atoms. The minimum Gasteiger partial charge on any atom is -0.382 e. The molecule has 0 saturated heterocycles. The third-order valence-electron chi connectivity index (χ3n) is 3.72. The molecule has 1 amide bonds. The smallest absolute Gasteiger partial charge is 0.270 e. The van der Waals surface area contributed by atoms with Gasteiger partial charge < -0.3 is 4.84 Å². The highest BCUT2D eigenvalue weighted by Gasteiger charge is 2.31. The molecule has 0 radical (unpaired) electrons. The topological polar surface area (TPSA) is 76.5 Å². The molecule has 1 aromatic carbocycles. The lowest BCUT2D eigenvalue weighted by Crippen LogP contribution is -2.28. The largest absolute Gasteiger partial charge is 0.382 e. The molecular weight excluding hydrogens is 319 g/mol. The number of carbonyl (C=O) groups excluding carboxylic acids is 1. The van der Waals surface area contributed by atoms with Crippen molar-refractivity contribution >= 4 is 28.1 Å². The fraction of sp³-hybridized carbons (Fsp3) is 0.333. The molecule has 1 saturated carbocycles. The van der Waals surface area contributed by atoms with E-state index in [4.69, 9.17) is 4.84 Å². The number of halogens is 1. The number of carbonyl (C=O) groups is 1. The first kappa shape index (κ1) is 14.3. The second kappa shape index (κ2) is 5.69. The van der Waals surface area contributed by atoms with Crippen LogP contribution in [-0.2, 0) is 9.63 Å². The Morgan fingerprint density at radius 3 is 3.00 bits per heavy atom. The van der Waals surface area contributed by atoms with Crippen molar-refractivity contribution < 1.29 is 14.0 Å². The van der Waals surface area contributed by atoms with E-state index >= 15 is 0 Å². The van der Waals surface area contributed by atoms with E-state index in [1.54, 1.807) is 12.1 Å². The number of oxime groups is 1. The van der Waals surface area contributed by atoms with E-state index in [-0.39, 0.29) is 11.7 Å². The Morgan fingerprint density at radius 1 is 1.35 bits per heavy atom. The second-order valence-corrected chi connectivity index (χ2v) is 6.56. The van der Waals surface area contributed by atoms with Crippen molar-refractivity contribution in [1.29, 1.82) is 0 Å². The van der Waals surface area contributed by atoms with Gasteiger partial charge in [0.1, 0.15) is 10.8 Å². The summed E-state index contributed by atoms with van der Waals surface area (Å²) in [6, 6.07) is 6.06. The number of aromatic nitrogens is 2. The quantitative estimate of drug-likeness (QED) is 0.934. The lowest BCUT2D eigenvalue weighted by Gasteiger charge is -2.06. The molecule has 1 aliphatic carbocycles. The predicted molar refractivity (Wildman–Crippen MR) is 82.9 cm³/mol. The minimum atomic E-state index is -0.735. The predicted octanol–water partition coefficient (Wildman–Crippen LogP) is 2.69. The fourth-order valence-corrected chi connectivity index (χ4v) is 3.24. The third kappa shape index (κ3) is 3.07. The summed E-state index contributed by atoms with van der Waals surface area (Å²) >= 11 is 1.39. The molecule has 2 aliphatic rings. The molecule has 23 heavy (non-hydrogen) atoms. The lowest BCUT2D eigenvalue weighted by molar-refractivity contribution is -0.125. The molecule has 1 aromatic heterocycles. The fourth-order valence-electron chi connectivity index (χ4n) is 2.32. The van der Waals surface area contributed by atoms with Crippen molar-refractivity contribution in [2.45, 2.75) is 31.3 Å². The number of nitrogens with one attached hydrogen (secondary N) is 1. The Labute approximate surface area is 135 Å². The molecule has 2 aromatic rings. The number of hydrogen-bond acceptors (Lipinski definition) is 6. The van der Waals surface area contributed by atoms with Gasteiger partial charge in [-0.1, -0.05) is 28.6 Å². The summed E-state index contributed by atoms with van der Waals surface area (Å²) in [5.74, 6) is -0.165. The first-order valence-electron chi connectivity index (χ1n) is 7.32. The van der Waals surface area contributed by atoms with Crippen molar-refractivity contribution in [3.05, 3.63) is 40.7 Å². The van der Waals surface area contributed by atoms with Crippen LogP contribution < -0.4 is 5.32 Å². The first-order chi connectivity index (χ1) is 11.2. The molecule has 8 heteroatoms. The molecule has 4 rings (SSSR count). The van der Waals surface area contributed by atoms with Crippen LogP contribution in [0.1, 0.15) is 35.8 Å². The summed E-state index contributed by atoms with van der Waals surface area (Å²) in [6.45, 7) is 0. The highest BCUT2D eigenvalue weighted by atomic mass is 32.1. The van der Waals surface area contributed by atoms with Crippen LogP contribution in [0, 0.1) is 5.82 Å². The van der Waals surface area contributed by atoms with Gasteiger partial charge >= 0.3 is 0 Å². The average Bonchev–Trinajstić information content (AvgIpc) is 3.09. The van der Waals surface area contributed by atoms with Crippen molar-refractivity contribution in [3.63, 3.8) is 0 Å². The van der Waals surface area contributed by atoms with E-state index in [2.05, 4.69) is 20.7 Å². The standard InChI is InChI=1S/C15H13FN4O2S/c16-10-3-1-2-9(6-10)11-7-12(22-20-11)13(21)17-15-19-18-14(23-15)8-4-5-8/h1-3,6,8,12H,4-5,7H2,(H,17,19,21)/t12-/m1/s1. The molecule has 6 nitrogen and oxygen atoms in total. The van der Waals surface area contributed by atoms with Crippen LogP contribution >= 0.6 is 11.3 Å². The zero-order valence-electron chi connectivity index (χ0n) is 12.0. The van der Waals surface area contributed by atoms with Crippen molar-refractivity contribution in [2.75, 3.05) is 5.32 Å². The maximum absolute atomic E-state index is 13.2. The van der Waals surface area contributed by atoms with Gasteiger partial charge in [-0.2, -0.15) is 0 Å². The molecule has 1 atom stereocenters. The molecule has 2 heterocycles.